The Labute approximate surface area is 132 Å². The highest BCUT2D eigenvalue weighted by atomic mass is 19.1. The number of aromatic nitrogens is 2. The van der Waals surface area contributed by atoms with E-state index in [0.29, 0.717) is 11.3 Å². The Kier molecular flexibility index (Phi) is 4.14. The van der Waals surface area contributed by atoms with Crippen LogP contribution >= 0.6 is 0 Å². The van der Waals surface area contributed by atoms with Crippen molar-refractivity contribution < 1.29 is 13.6 Å². The van der Waals surface area contributed by atoms with Crippen molar-refractivity contribution in [3.63, 3.8) is 0 Å². The molecular weight excluding hydrogens is 297 g/mol. The van der Waals surface area contributed by atoms with Crippen molar-refractivity contribution in [3.8, 4) is 11.3 Å². The van der Waals surface area contributed by atoms with Crippen molar-refractivity contribution in [3.05, 3.63) is 72.3 Å². The number of pyridine rings is 1. The molecule has 116 valence electrons. The summed E-state index contributed by atoms with van der Waals surface area (Å²) in [5, 5.41) is 2.82. The van der Waals surface area contributed by atoms with Crippen LogP contribution < -0.4 is 5.32 Å². The molecule has 1 unspecified atom stereocenters. The monoisotopic (exact) mass is 311 g/mol. The summed E-state index contributed by atoms with van der Waals surface area (Å²) in [6.07, 6.45) is 2.86. The summed E-state index contributed by atoms with van der Waals surface area (Å²) in [6, 6.07) is 10.9. The van der Waals surface area contributed by atoms with E-state index in [1.165, 1.54) is 30.7 Å². The standard InChI is InChI=1S/C17H14FN3O2/c1-11(14-4-2-3-9-19-14)21-17(22)15-16(23-10-20-15)12-5-7-13(18)8-6-12/h2-11H,1H3,(H,21,22). The van der Waals surface area contributed by atoms with Gasteiger partial charge in [-0.25, -0.2) is 9.37 Å². The van der Waals surface area contributed by atoms with Crippen LogP contribution in [-0.4, -0.2) is 15.9 Å². The zero-order valence-electron chi connectivity index (χ0n) is 12.4. The van der Waals surface area contributed by atoms with Gasteiger partial charge in [-0.2, -0.15) is 0 Å². The summed E-state index contributed by atoms with van der Waals surface area (Å²) in [5.74, 6) is -0.435. The van der Waals surface area contributed by atoms with Crippen LogP contribution in [0, 0.1) is 5.82 Å². The quantitative estimate of drug-likeness (QED) is 0.802. The molecule has 0 aliphatic heterocycles. The van der Waals surface area contributed by atoms with E-state index in [0.717, 1.165) is 5.69 Å². The molecule has 0 radical (unpaired) electrons. The molecule has 0 fully saturated rings. The maximum absolute atomic E-state index is 13.0. The van der Waals surface area contributed by atoms with Crippen LogP contribution in [0.3, 0.4) is 0 Å². The first-order valence-corrected chi connectivity index (χ1v) is 7.06. The Balaban J connectivity index is 1.81. The lowest BCUT2D eigenvalue weighted by Gasteiger charge is -2.12. The molecule has 2 aromatic heterocycles. The van der Waals surface area contributed by atoms with Gasteiger partial charge in [-0.3, -0.25) is 9.78 Å². The number of amides is 1. The highest BCUT2D eigenvalue weighted by Crippen LogP contribution is 2.23. The summed E-state index contributed by atoms with van der Waals surface area (Å²) in [7, 11) is 0. The molecular formula is C17H14FN3O2. The van der Waals surface area contributed by atoms with E-state index in [1.807, 2.05) is 25.1 Å². The number of rotatable bonds is 4. The third kappa shape index (κ3) is 3.26. The number of nitrogens with zero attached hydrogens (tertiary/aromatic N) is 2. The van der Waals surface area contributed by atoms with Crippen LogP contribution in [-0.2, 0) is 0 Å². The average molecular weight is 311 g/mol. The van der Waals surface area contributed by atoms with E-state index in [2.05, 4.69) is 15.3 Å². The van der Waals surface area contributed by atoms with Crippen LogP contribution in [0.15, 0.2) is 59.5 Å². The topological polar surface area (TPSA) is 68.0 Å². The Morgan fingerprint density at radius 2 is 1.96 bits per heavy atom. The lowest BCUT2D eigenvalue weighted by Crippen LogP contribution is -2.27. The zero-order valence-corrected chi connectivity index (χ0v) is 12.4. The maximum Gasteiger partial charge on any atom is 0.274 e. The van der Waals surface area contributed by atoms with E-state index in [9.17, 15) is 9.18 Å². The van der Waals surface area contributed by atoms with Crippen molar-refractivity contribution in [2.75, 3.05) is 0 Å². The third-order valence-electron chi connectivity index (χ3n) is 3.37. The van der Waals surface area contributed by atoms with Gasteiger partial charge < -0.3 is 9.73 Å². The minimum Gasteiger partial charge on any atom is -0.443 e. The third-order valence-corrected chi connectivity index (χ3v) is 3.37. The number of benzene rings is 1. The van der Waals surface area contributed by atoms with E-state index in [-0.39, 0.29) is 23.5 Å². The summed E-state index contributed by atoms with van der Waals surface area (Å²) in [4.78, 5) is 20.6. The van der Waals surface area contributed by atoms with E-state index in [4.69, 9.17) is 4.42 Å². The number of halogens is 1. The number of oxazole rings is 1. The van der Waals surface area contributed by atoms with Gasteiger partial charge in [-0.15, -0.1) is 0 Å². The molecule has 0 aliphatic rings. The predicted molar refractivity (Wildman–Crippen MR) is 82.0 cm³/mol. The second kappa shape index (κ2) is 6.39. The van der Waals surface area contributed by atoms with Gasteiger partial charge in [0.15, 0.2) is 17.8 Å². The molecule has 1 aromatic carbocycles. The van der Waals surface area contributed by atoms with Gasteiger partial charge in [0, 0.05) is 11.8 Å². The number of hydrogen-bond acceptors (Lipinski definition) is 4. The van der Waals surface area contributed by atoms with Crippen molar-refractivity contribution >= 4 is 5.91 Å². The highest BCUT2D eigenvalue weighted by Gasteiger charge is 2.20. The SMILES string of the molecule is CC(NC(=O)c1ncoc1-c1ccc(F)cc1)c1ccccn1. The molecule has 0 spiro atoms. The van der Waals surface area contributed by atoms with Crippen molar-refractivity contribution in [2.24, 2.45) is 0 Å². The molecule has 2 heterocycles. The van der Waals surface area contributed by atoms with Gasteiger partial charge in [0.25, 0.3) is 5.91 Å². The molecule has 5 nitrogen and oxygen atoms in total. The number of carbonyl (C=O) groups is 1. The fourth-order valence-electron chi connectivity index (χ4n) is 2.19. The van der Waals surface area contributed by atoms with Crippen LogP contribution in [0.2, 0.25) is 0 Å². The van der Waals surface area contributed by atoms with Gasteiger partial charge in [-0.05, 0) is 43.3 Å². The highest BCUT2D eigenvalue weighted by molar-refractivity contribution is 5.97. The predicted octanol–water partition coefficient (Wildman–Crippen LogP) is 3.37. The van der Waals surface area contributed by atoms with Crippen molar-refractivity contribution in [1.82, 2.24) is 15.3 Å². The lowest BCUT2D eigenvalue weighted by molar-refractivity contribution is 0.0935. The second-order valence-corrected chi connectivity index (χ2v) is 4.99. The molecule has 0 bridgehead atoms. The Hall–Kier alpha value is -3.02. The van der Waals surface area contributed by atoms with Crippen molar-refractivity contribution in [1.29, 1.82) is 0 Å². The van der Waals surface area contributed by atoms with Crippen LogP contribution in [0.5, 0.6) is 0 Å². The van der Waals surface area contributed by atoms with E-state index < -0.39 is 0 Å². The lowest BCUT2D eigenvalue weighted by atomic mass is 10.1. The smallest absolute Gasteiger partial charge is 0.274 e. The fraction of sp³-hybridized carbons (Fsp3) is 0.118. The largest absolute Gasteiger partial charge is 0.443 e. The molecule has 0 saturated heterocycles. The summed E-state index contributed by atoms with van der Waals surface area (Å²) < 4.78 is 18.3. The summed E-state index contributed by atoms with van der Waals surface area (Å²) in [6.45, 7) is 1.83. The van der Waals surface area contributed by atoms with Gasteiger partial charge in [-0.1, -0.05) is 6.07 Å². The first kappa shape index (κ1) is 14.9. The Bertz CT molecular complexity index is 800. The fourth-order valence-corrected chi connectivity index (χ4v) is 2.19. The molecule has 1 atom stereocenters. The molecule has 0 saturated carbocycles. The average Bonchev–Trinajstić information content (AvgIpc) is 3.06. The normalized spacial score (nSPS) is 11.9. The van der Waals surface area contributed by atoms with E-state index >= 15 is 0 Å². The molecule has 23 heavy (non-hydrogen) atoms. The number of nitrogens with one attached hydrogen (secondary N) is 1. The van der Waals surface area contributed by atoms with Gasteiger partial charge in [0.2, 0.25) is 0 Å². The van der Waals surface area contributed by atoms with Crippen LogP contribution in [0.25, 0.3) is 11.3 Å². The molecule has 1 amide bonds. The van der Waals surface area contributed by atoms with Gasteiger partial charge >= 0.3 is 0 Å². The number of hydrogen-bond donors (Lipinski definition) is 1. The zero-order chi connectivity index (χ0) is 16.2. The molecule has 0 aliphatic carbocycles. The summed E-state index contributed by atoms with van der Waals surface area (Å²) in [5.41, 5.74) is 1.48. The Morgan fingerprint density at radius 3 is 2.65 bits per heavy atom. The van der Waals surface area contributed by atoms with Gasteiger partial charge in [0.1, 0.15) is 5.82 Å². The maximum atomic E-state index is 13.0. The molecule has 1 N–H and O–H groups in total. The molecule has 3 aromatic rings. The number of carbonyl (C=O) groups excluding carboxylic acids is 1. The Morgan fingerprint density at radius 1 is 1.17 bits per heavy atom. The van der Waals surface area contributed by atoms with Gasteiger partial charge in [0.05, 0.1) is 11.7 Å². The first-order valence-electron chi connectivity index (χ1n) is 7.06. The molecule has 3 rings (SSSR count). The van der Waals surface area contributed by atoms with Crippen molar-refractivity contribution in [2.45, 2.75) is 13.0 Å². The van der Waals surface area contributed by atoms with Crippen LogP contribution in [0.1, 0.15) is 29.1 Å². The minimum absolute atomic E-state index is 0.152. The second-order valence-electron chi connectivity index (χ2n) is 4.99. The minimum atomic E-state index is -0.378. The first-order chi connectivity index (χ1) is 11.1. The molecule has 6 heteroatoms. The van der Waals surface area contributed by atoms with E-state index in [1.54, 1.807) is 6.20 Å². The summed E-state index contributed by atoms with van der Waals surface area (Å²) >= 11 is 0. The van der Waals surface area contributed by atoms with Crippen LogP contribution in [0.4, 0.5) is 4.39 Å².